The monoisotopic (exact) mass is 368 g/mol. The lowest BCUT2D eigenvalue weighted by Gasteiger charge is -2.18. The Morgan fingerprint density at radius 3 is 2.42 bits per heavy atom. The zero-order chi connectivity index (χ0) is 18.7. The molecule has 0 aliphatic carbocycles. The van der Waals surface area contributed by atoms with Gasteiger partial charge in [-0.25, -0.2) is 9.48 Å². The lowest BCUT2D eigenvalue weighted by atomic mass is 10.2. The molecule has 0 saturated heterocycles. The standard InChI is InChI=1S/C20H21ClN4O/c1-14-19(15(2)25(23-14)18-7-5-4-6-8-18)13-24(3)20(26)22-17-11-9-16(21)10-12-17/h4-12H,13H2,1-3H3,(H,22,26). The third-order valence-corrected chi connectivity index (χ3v) is 4.53. The summed E-state index contributed by atoms with van der Waals surface area (Å²) >= 11 is 5.87. The van der Waals surface area contributed by atoms with Crippen LogP contribution in [0.2, 0.25) is 5.02 Å². The van der Waals surface area contributed by atoms with Gasteiger partial charge in [0.2, 0.25) is 0 Å². The molecule has 0 bridgehead atoms. The maximum absolute atomic E-state index is 12.5. The van der Waals surface area contributed by atoms with Crippen LogP contribution in [-0.4, -0.2) is 27.8 Å². The van der Waals surface area contributed by atoms with Crippen LogP contribution in [0.5, 0.6) is 0 Å². The van der Waals surface area contributed by atoms with Crippen LogP contribution in [0.3, 0.4) is 0 Å². The minimum atomic E-state index is -0.182. The topological polar surface area (TPSA) is 50.2 Å². The molecule has 26 heavy (non-hydrogen) atoms. The molecule has 0 spiro atoms. The summed E-state index contributed by atoms with van der Waals surface area (Å²) in [6.45, 7) is 4.46. The molecule has 3 rings (SSSR count). The van der Waals surface area contributed by atoms with Crippen LogP contribution in [0.1, 0.15) is 17.0 Å². The first-order valence-corrected chi connectivity index (χ1v) is 8.71. The van der Waals surface area contributed by atoms with Gasteiger partial charge in [0, 0.05) is 29.0 Å². The lowest BCUT2D eigenvalue weighted by Crippen LogP contribution is -2.31. The minimum Gasteiger partial charge on any atom is -0.323 e. The first-order valence-electron chi connectivity index (χ1n) is 8.34. The van der Waals surface area contributed by atoms with Gasteiger partial charge in [0.1, 0.15) is 0 Å². The smallest absolute Gasteiger partial charge is 0.321 e. The highest BCUT2D eigenvalue weighted by molar-refractivity contribution is 6.30. The van der Waals surface area contributed by atoms with E-state index in [0.717, 1.165) is 22.6 Å². The van der Waals surface area contributed by atoms with E-state index in [9.17, 15) is 4.79 Å². The normalized spacial score (nSPS) is 10.6. The predicted octanol–water partition coefficient (Wildman–Crippen LogP) is 4.81. The van der Waals surface area contributed by atoms with Gasteiger partial charge in [-0.2, -0.15) is 5.10 Å². The quantitative estimate of drug-likeness (QED) is 0.718. The zero-order valence-corrected chi connectivity index (χ0v) is 15.8. The number of hydrogen-bond donors (Lipinski definition) is 1. The van der Waals surface area contributed by atoms with Crippen LogP contribution in [0.15, 0.2) is 54.6 Å². The Balaban J connectivity index is 1.75. The lowest BCUT2D eigenvalue weighted by molar-refractivity contribution is 0.220. The highest BCUT2D eigenvalue weighted by atomic mass is 35.5. The van der Waals surface area contributed by atoms with Gasteiger partial charge < -0.3 is 10.2 Å². The van der Waals surface area contributed by atoms with Crippen LogP contribution in [0.4, 0.5) is 10.5 Å². The summed E-state index contributed by atoms with van der Waals surface area (Å²) in [7, 11) is 1.77. The molecule has 0 aliphatic heterocycles. The molecule has 1 aromatic heterocycles. The Hall–Kier alpha value is -2.79. The number of anilines is 1. The van der Waals surface area contributed by atoms with Crippen LogP contribution in [0.25, 0.3) is 5.69 Å². The fourth-order valence-electron chi connectivity index (χ4n) is 2.79. The molecule has 0 saturated carbocycles. The Bertz CT molecular complexity index is 904. The molecule has 1 heterocycles. The van der Waals surface area contributed by atoms with Crippen molar-refractivity contribution in [2.75, 3.05) is 12.4 Å². The molecule has 2 amide bonds. The molecule has 1 N–H and O–H groups in total. The van der Waals surface area contributed by atoms with Crippen molar-refractivity contribution in [3.05, 3.63) is 76.6 Å². The van der Waals surface area contributed by atoms with E-state index in [2.05, 4.69) is 10.4 Å². The molecule has 0 fully saturated rings. The second kappa shape index (κ2) is 7.62. The molecule has 0 aliphatic rings. The number of rotatable bonds is 4. The van der Waals surface area contributed by atoms with Gasteiger partial charge in [0.15, 0.2) is 0 Å². The van der Waals surface area contributed by atoms with E-state index < -0.39 is 0 Å². The number of para-hydroxylation sites is 1. The summed E-state index contributed by atoms with van der Waals surface area (Å²) < 4.78 is 1.91. The van der Waals surface area contributed by atoms with E-state index in [4.69, 9.17) is 11.6 Å². The summed E-state index contributed by atoms with van der Waals surface area (Å²) in [5, 5.41) is 8.13. The van der Waals surface area contributed by atoms with Gasteiger partial charge in [0.25, 0.3) is 0 Å². The van der Waals surface area contributed by atoms with Crippen molar-refractivity contribution in [3.63, 3.8) is 0 Å². The molecule has 134 valence electrons. The SMILES string of the molecule is Cc1nn(-c2ccccc2)c(C)c1CN(C)C(=O)Nc1ccc(Cl)cc1. The predicted molar refractivity (Wildman–Crippen MR) is 105 cm³/mol. The summed E-state index contributed by atoms with van der Waals surface area (Å²) in [6.07, 6.45) is 0. The fourth-order valence-corrected chi connectivity index (χ4v) is 2.91. The minimum absolute atomic E-state index is 0.182. The van der Waals surface area contributed by atoms with Gasteiger partial charge in [-0.15, -0.1) is 0 Å². The Morgan fingerprint density at radius 2 is 1.77 bits per heavy atom. The molecule has 0 unspecified atom stereocenters. The molecule has 0 radical (unpaired) electrons. The average molecular weight is 369 g/mol. The Kier molecular flexibility index (Phi) is 5.28. The number of nitrogens with one attached hydrogen (secondary N) is 1. The Labute approximate surface area is 158 Å². The number of nitrogens with zero attached hydrogens (tertiary/aromatic N) is 3. The zero-order valence-electron chi connectivity index (χ0n) is 15.0. The maximum Gasteiger partial charge on any atom is 0.321 e. The van der Waals surface area contributed by atoms with Gasteiger partial charge in [0.05, 0.1) is 17.9 Å². The summed E-state index contributed by atoms with van der Waals surface area (Å²) in [4.78, 5) is 14.1. The third kappa shape index (κ3) is 3.89. The number of benzene rings is 2. The number of amides is 2. The summed E-state index contributed by atoms with van der Waals surface area (Å²) in [6, 6.07) is 16.8. The number of halogens is 1. The van der Waals surface area contributed by atoms with Crippen LogP contribution in [0, 0.1) is 13.8 Å². The van der Waals surface area contributed by atoms with E-state index in [1.54, 1.807) is 36.2 Å². The van der Waals surface area contributed by atoms with Crippen LogP contribution in [-0.2, 0) is 6.54 Å². The number of hydrogen-bond acceptors (Lipinski definition) is 2. The molecular weight excluding hydrogens is 348 g/mol. The van der Waals surface area contributed by atoms with Crippen molar-refractivity contribution in [1.82, 2.24) is 14.7 Å². The molecular formula is C20H21ClN4O. The molecule has 0 atom stereocenters. The van der Waals surface area contributed by atoms with Gasteiger partial charge in [-0.1, -0.05) is 29.8 Å². The molecule has 2 aromatic carbocycles. The van der Waals surface area contributed by atoms with E-state index in [1.165, 1.54) is 0 Å². The van der Waals surface area contributed by atoms with Crippen LogP contribution >= 0.6 is 11.6 Å². The highest BCUT2D eigenvalue weighted by Crippen LogP contribution is 2.20. The molecule has 3 aromatic rings. The van der Waals surface area contributed by atoms with Crippen molar-refractivity contribution in [2.45, 2.75) is 20.4 Å². The second-order valence-electron chi connectivity index (χ2n) is 6.19. The van der Waals surface area contributed by atoms with E-state index in [-0.39, 0.29) is 6.03 Å². The highest BCUT2D eigenvalue weighted by Gasteiger charge is 2.17. The maximum atomic E-state index is 12.5. The molecule has 5 nitrogen and oxygen atoms in total. The third-order valence-electron chi connectivity index (χ3n) is 4.28. The van der Waals surface area contributed by atoms with E-state index in [1.807, 2.05) is 48.9 Å². The van der Waals surface area contributed by atoms with Crippen molar-refractivity contribution in [1.29, 1.82) is 0 Å². The summed E-state index contributed by atoms with van der Waals surface area (Å²) in [5.41, 5.74) is 4.70. The van der Waals surface area contributed by atoms with Crippen molar-refractivity contribution in [3.8, 4) is 5.69 Å². The first-order chi connectivity index (χ1) is 12.5. The van der Waals surface area contributed by atoms with Gasteiger partial charge >= 0.3 is 6.03 Å². The number of aromatic nitrogens is 2. The average Bonchev–Trinajstić information content (AvgIpc) is 2.92. The van der Waals surface area contributed by atoms with E-state index >= 15 is 0 Å². The van der Waals surface area contributed by atoms with Crippen molar-refractivity contribution >= 4 is 23.3 Å². The fraction of sp³-hybridized carbons (Fsp3) is 0.200. The number of carbonyl (C=O) groups excluding carboxylic acids is 1. The second-order valence-corrected chi connectivity index (χ2v) is 6.63. The summed E-state index contributed by atoms with van der Waals surface area (Å²) in [5.74, 6) is 0. The largest absolute Gasteiger partial charge is 0.323 e. The van der Waals surface area contributed by atoms with Crippen LogP contribution < -0.4 is 5.32 Å². The van der Waals surface area contributed by atoms with Gasteiger partial charge in [-0.05, 0) is 50.2 Å². The van der Waals surface area contributed by atoms with Crippen molar-refractivity contribution < 1.29 is 4.79 Å². The van der Waals surface area contributed by atoms with Crippen molar-refractivity contribution in [2.24, 2.45) is 0 Å². The Morgan fingerprint density at radius 1 is 1.12 bits per heavy atom. The number of urea groups is 1. The number of aryl methyl sites for hydroxylation is 1. The van der Waals surface area contributed by atoms with E-state index in [0.29, 0.717) is 17.3 Å². The first kappa shape index (κ1) is 18.0. The number of carbonyl (C=O) groups is 1. The van der Waals surface area contributed by atoms with Gasteiger partial charge in [-0.3, -0.25) is 0 Å². The molecule has 6 heteroatoms.